The van der Waals surface area contributed by atoms with E-state index in [1.165, 1.54) is 19.0 Å². The van der Waals surface area contributed by atoms with Gasteiger partial charge in [0.05, 0.1) is 18.3 Å². The van der Waals surface area contributed by atoms with Crippen molar-refractivity contribution in [3.8, 4) is 17.0 Å². The molecule has 1 atom stereocenters. The van der Waals surface area contributed by atoms with Crippen LogP contribution in [0.15, 0.2) is 30.5 Å². The summed E-state index contributed by atoms with van der Waals surface area (Å²) in [4.78, 5) is 26.5. The SMILES string of the molecule is COCCCOc1ccc(-c2nc(N3CCC(C(=O)NC4(C)CN5CCC4CC5)CC3)ncc2F)cc1. The van der Waals surface area contributed by atoms with E-state index >= 15 is 0 Å². The third-order valence-corrected chi connectivity index (χ3v) is 8.22. The first-order valence-corrected chi connectivity index (χ1v) is 13.5. The number of fused-ring (bicyclic) bond motifs is 3. The van der Waals surface area contributed by atoms with Crippen LogP contribution in [0, 0.1) is 17.7 Å². The minimum atomic E-state index is -0.461. The van der Waals surface area contributed by atoms with Crippen LogP contribution in [-0.2, 0) is 9.53 Å². The number of benzene rings is 1. The highest BCUT2D eigenvalue weighted by molar-refractivity contribution is 5.80. The molecule has 4 saturated heterocycles. The van der Waals surface area contributed by atoms with E-state index in [-0.39, 0.29) is 23.1 Å². The number of carbonyl (C=O) groups is 1. The lowest BCUT2D eigenvalue weighted by Crippen LogP contribution is -2.66. The Morgan fingerprint density at radius 2 is 1.84 bits per heavy atom. The third kappa shape index (κ3) is 5.88. The van der Waals surface area contributed by atoms with Gasteiger partial charge in [0, 0.05) is 51.3 Å². The van der Waals surface area contributed by atoms with Crippen molar-refractivity contribution >= 4 is 11.9 Å². The van der Waals surface area contributed by atoms with Crippen LogP contribution in [-0.4, -0.2) is 79.4 Å². The number of aromatic nitrogens is 2. The third-order valence-electron chi connectivity index (χ3n) is 8.22. The van der Waals surface area contributed by atoms with Crippen molar-refractivity contribution in [2.45, 2.75) is 44.6 Å². The Kier molecular flexibility index (Phi) is 7.90. The van der Waals surface area contributed by atoms with Gasteiger partial charge in [-0.1, -0.05) is 0 Å². The van der Waals surface area contributed by atoms with Crippen LogP contribution in [0.3, 0.4) is 0 Å². The van der Waals surface area contributed by atoms with Gasteiger partial charge in [-0.15, -0.1) is 0 Å². The van der Waals surface area contributed by atoms with E-state index in [0.717, 1.165) is 44.6 Å². The van der Waals surface area contributed by atoms with Crippen LogP contribution in [0.5, 0.6) is 5.75 Å². The second kappa shape index (κ2) is 11.3. The average molecular weight is 512 g/mol. The number of nitrogens with zero attached hydrogens (tertiary/aromatic N) is 4. The van der Waals surface area contributed by atoms with Gasteiger partial charge in [0.25, 0.3) is 0 Å². The molecule has 0 spiro atoms. The number of hydrogen-bond donors (Lipinski definition) is 1. The molecule has 37 heavy (non-hydrogen) atoms. The molecular weight excluding hydrogens is 473 g/mol. The number of anilines is 1. The van der Waals surface area contributed by atoms with Crippen LogP contribution in [0.4, 0.5) is 10.3 Å². The zero-order valence-corrected chi connectivity index (χ0v) is 21.9. The number of methoxy groups -OCH3 is 1. The molecule has 1 aromatic heterocycles. The van der Waals surface area contributed by atoms with Gasteiger partial charge >= 0.3 is 0 Å². The molecular formula is C28H38FN5O3. The average Bonchev–Trinajstić information content (AvgIpc) is 2.92. The molecule has 1 aromatic carbocycles. The fourth-order valence-electron chi connectivity index (χ4n) is 6.00. The van der Waals surface area contributed by atoms with Gasteiger partial charge in [-0.25, -0.2) is 14.4 Å². The van der Waals surface area contributed by atoms with E-state index in [9.17, 15) is 9.18 Å². The van der Waals surface area contributed by atoms with Gasteiger partial charge in [-0.05, 0) is 75.9 Å². The first kappa shape index (κ1) is 25.9. The summed E-state index contributed by atoms with van der Waals surface area (Å²) in [6, 6.07) is 7.27. The fraction of sp³-hybridized carbons (Fsp3) is 0.607. The number of hydrogen-bond acceptors (Lipinski definition) is 7. The fourth-order valence-corrected chi connectivity index (χ4v) is 6.00. The Hall–Kier alpha value is -2.78. The molecule has 0 aliphatic carbocycles. The predicted molar refractivity (Wildman–Crippen MR) is 140 cm³/mol. The number of piperidine rings is 4. The lowest BCUT2D eigenvalue weighted by atomic mass is 9.73. The normalized spacial score (nSPS) is 25.8. The highest BCUT2D eigenvalue weighted by Crippen LogP contribution is 2.36. The Balaban J connectivity index is 1.18. The molecule has 9 heteroatoms. The quantitative estimate of drug-likeness (QED) is 0.516. The maximum Gasteiger partial charge on any atom is 0.226 e. The van der Waals surface area contributed by atoms with Crippen molar-refractivity contribution in [1.29, 1.82) is 0 Å². The van der Waals surface area contributed by atoms with Crippen LogP contribution in [0.2, 0.25) is 0 Å². The lowest BCUT2D eigenvalue weighted by molar-refractivity contribution is -0.130. The van der Waals surface area contributed by atoms with E-state index < -0.39 is 5.82 Å². The number of carbonyl (C=O) groups excluding carboxylic acids is 1. The summed E-state index contributed by atoms with van der Waals surface area (Å²) in [5.41, 5.74) is 0.820. The first-order valence-electron chi connectivity index (χ1n) is 13.5. The van der Waals surface area contributed by atoms with Gasteiger partial charge in [0.2, 0.25) is 11.9 Å². The molecule has 4 fully saturated rings. The maximum atomic E-state index is 14.7. The Bertz CT molecular complexity index is 1070. The van der Waals surface area contributed by atoms with Crippen molar-refractivity contribution in [2.75, 3.05) is 57.9 Å². The zero-order valence-electron chi connectivity index (χ0n) is 21.9. The number of halogens is 1. The molecule has 8 nitrogen and oxygen atoms in total. The second-order valence-corrected chi connectivity index (χ2v) is 10.8. The Morgan fingerprint density at radius 1 is 1.11 bits per heavy atom. The van der Waals surface area contributed by atoms with Crippen LogP contribution in [0.1, 0.15) is 39.0 Å². The summed E-state index contributed by atoms with van der Waals surface area (Å²) < 4.78 is 25.4. The zero-order chi connectivity index (χ0) is 25.8. The molecule has 2 bridgehead atoms. The number of ether oxygens (including phenoxy) is 2. The lowest BCUT2D eigenvalue weighted by Gasteiger charge is -2.52. The summed E-state index contributed by atoms with van der Waals surface area (Å²) in [6.45, 7) is 8.02. The molecule has 1 amide bonds. The molecule has 0 radical (unpaired) electrons. The summed E-state index contributed by atoms with van der Waals surface area (Å²) in [5, 5.41) is 3.42. The molecule has 1 N–H and O–H groups in total. The van der Waals surface area contributed by atoms with Crippen molar-refractivity contribution in [3.63, 3.8) is 0 Å². The topological polar surface area (TPSA) is 79.8 Å². The minimum Gasteiger partial charge on any atom is -0.494 e. The number of rotatable bonds is 9. The van der Waals surface area contributed by atoms with E-state index in [2.05, 4.69) is 32.0 Å². The van der Waals surface area contributed by atoms with E-state index in [1.807, 2.05) is 24.3 Å². The molecule has 0 saturated carbocycles. The van der Waals surface area contributed by atoms with Gasteiger partial charge in [0.1, 0.15) is 11.4 Å². The van der Waals surface area contributed by atoms with E-state index in [1.54, 1.807) is 7.11 Å². The highest BCUT2D eigenvalue weighted by atomic mass is 19.1. The van der Waals surface area contributed by atoms with Crippen molar-refractivity contribution in [3.05, 3.63) is 36.3 Å². The largest absolute Gasteiger partial charge is 0.494 e. The van der Waals surface area contributed by atoms with E-state index in [4.69, 9.17) is 9.47 Å². The highest BCUT2D eigenvalue weighted by Gasteiger charge is 2.45. The van der Waals surface area contributed by atoms with E-state index in [0.29, 0.717) is 43.7 Å². The van der Waals surface area contributed by atoms with Gasteiger partial charge in [-0.3, -0.25) is 4.79 Å². The van der Waals surface area contributed by atoms with Gasteiger partial charge in [0.15, 0.2) is 5.82 Å². The smallest absolute Gasteiger partial charge is 0.226 e. The molecule has 5 heterocycles. The summed E-state index contributed by atoms with van der Waals surface area (Å²) in [6.07, 6.45) is 5.86. The minimum absolute atomic E-state index is 0.0140. The molecule has 4 aliphatic rings. The van der Waals surface area contributed by atoms with Crippen molar-refractivity contribution < 1.29 is 18.7 Å². The summed E-state index contributed by atoms with van der Waals surface area (Å²) in [7, 11) is 1.66. The van der Waals surface area contributed by atoms with Crippen LogP contribution in [0.25, 0.3) is 11.3 Å². The molecule has 6 rings (SSSR count). The standard InChI is InChI=1S/C28H38FN5O3/c1-28(19-33-12-10-22(28)11-13-33)32-26(35)21-8-14-34(15-9-21)27-30-18-24(29)25(31-27)20-4-6-23(7-5-20)37-17-3-16-36-2/h4-7,18,21-22H,3,8-17,19H2,1-2H3,(H,32,35). The van der Waals surface area contributed by atoms with Crippen LogP contribution >= 0.6 is 0 Å². The van der Waals surface area contributed by atoms with Gasteiger partial charge in [-0.2, -0.15) is 0 Å². The molecule has 1 unspecified atom stereocenters. The Morgan fingerprint density at radius 3 is 2.49 bits per heavy atom. The first-order chi connectivity index (χ1) is 17.9. The molecule has 2 aromatic rings. The number of nitrogens with one attached hydrogen (secondary N) is 1. The second-order valence-electron chi connectivity index (χ2n) is 10.8. The summed E-state index contributed by atoms with van der Waals surface area (Å²) >= 11 is 0. The van der Waals surface area contributed by atoms with Crippen molar-refractivity contribution in [1.82, 2.24) is 20.2 Å². The summed E-state index contributed by atoms with van der Waals surface area (Å²) in [5.74, 6) is 1.49. The monoisotopic (exact) mass is 511 g/mol. The molecule has 200 valence electrons. The maximum absolute atomic E-state index is 14.7. The van der Waals surface area contributed by atoms with Crippen molar-refractivity contribution in [2.24, 2.45) is 11.8 Å². The molecule has 4 aliphatic heterocycles. The number of amides is 1. The Labute approximate surface area is 218 Å². The van der Waals surface area contributed by atoms with Crippen LogP contribution < -0.4 is 15.0 Å². The predicted octanol–water partition coefficient (Wildman–Crippen LogP) is 3.51. The van der Waals surface area contributed by atoms with Gasteiger partial charge < -0.3 is 24.6 Å².